The maximum atomic E-state index is 13.2. The van der Waals surface area contributed by atoms with Gasteiger partial charge in [-0.15, -0.1) is 0 Å². The third kappa shape index (κ3) is 3.86. The second-order valence-electron chi connectivity index (χ2n) is 8.58. The van der Waals surface area contributed by atoms with Crippen molar-refractivity contribution in [2.24, 2.45) is 5.92 Å². The molecule has 5 rings (SSSR count). The number of fused-ring (bicyclic) bond motifs is 2. The van der Waals surface area contributed by atoms with E-state index in [0.29, 0.717) is 45.8 Å². The van der Waals surface area contributed by atoms with E-state index in [-0.39, 0.29) is 12.1 Å². The van der Waals surface area contributed by atoms with Crippen LogP contribution < -0.4 is 15.0 Å². The molecule has 8 nitrogen and oxygen atoms in total. The average Bonchev–Trinajstić information content (AvgIpc) is 3.19. The highest BCUT2D eigenvalue weighted by atomic mass is 16.5. The molecule has 33 heavy (non-hydrogen) atoms. The van der Waals surface area contributed by atoms with Crippen molar-refractivity contribution in [1.29, 1.82) is 0 Å². The minimum Gasteiger partial charge on any atom is -0.493 e. The molecule has 1 aliphatic rings. The monoisotopic (exact) mass is 446 g/mol. The van der Waals surface area contributed by atoms with Crippen molar-refractivity contribution in [3.63, 3.8) is 0 Å². The van der Waals surface area contributed by atoms with E-state index in [2.05, 4.69) is 21.9 Å². The summed E-state index contributed by atoms with van der Waals surface area (Å²) in [6.07, 6.45) is 4.55. The van der Waals surface area contributed by atoms with Gasteiger partial charge in [0.25, 0.3) is 5.56 Å². The molecular weight excluding hydrogens is 420 g/mol. The van der Waals surface area contributed by atoms with Crippen LogP contribution in [0.15, 0.2) is 39.8 Å². The molecule has 0 N–H and O–H groups in total. The Hall–Kier alpha value is -3.68. The first-order chi connectivity index (χ1) is 16.0. The van der Waals surface area contributed by atoms with Gasteiger partial charge in [-0.2, -0.15) is 0 Å². The zero-order valence-electron chi connectivity index (χ0n) is 19.2. The zero-order chi connectivity index (χ0) is 23.1. The number of methoxy groups -OCH3 is 2. The van der Waals surface area contributed by atoms with E-state index >= 15 is 0 Å². The Bertz CT molecular complexity index is 1410. The fraction of sp³-hybridized carbons (Fsp3) is 0.360. The minimum atomic E-state index is -0.122. The summed E-state index contributed by atoms with van der Waals surface area (Å²) in [5, 5.41) is 0.548. The number of pyridine rings is 1. The maximum Gasteiger partial charge on any atom is 0.263 e. The summed E-state index contributed by atoms with van der Waals surface area (Å²) in [6.45, 7) is 4.33. The van der Waals surface area contributed by atoms with Crippen molar-refractivity contribution < 1.29 is 13.9 Å². The van der Waals surface area contributed by atoms with Gasteiger partial charge in [-0.25, -0.2) is 15.0 Å². The molecule has 3 aromatic heterocycles. The van der Waals surface area contributed by atoms with Gasteiger partial charge in [-0.3, -0.25) is 9.36 Å². The molecular formula is C25H26N4O4. The Morgan fingerprint density at radius 3 is 2.76 bits per heavy atom. The maximum absolute atomic E-state index is 13.2. The molecule has 0 spiro atoms. The lowest BCUT2D eigenvalue weighted by Gasteiger charge is -2.20. The lowest BCUT2D eigenvalue weighted by molar-refractivity contribution is 0.355. The summed E-state index contributed by atoms with van der Waals surface area (Å²) in [4.78, 5) is 27.0. The van der Waals surface area contributed by atoms with Crippen LogP contribution in [0, 0.1) is 12.8 Å². The van der Waals surface area contributed by atoms with E-state index in [1.807, 2.05) is 25.1 Å². The van der Waals surface area contributed by atoms with Crippen molar-refractivity contribution in [1.82, 2.24) is 19.5 Å². The molecule has 0 fully saturated rings. The molecule has 0 amide bonds. The lowest BCUT2D eigenvalue weighted by atomic mass is 9.87. The Labute approximate surface area is 191 Å². The SMILES string of the molecule is COc1ccc(-c2nc(Cn3cnc4nc5c(cc4c3=O)CC(C)CC5)c(C)o2)cc1OC. The number of aryl methyl sites for hydroxylation is 2. The predicted octanol–water partition coefficient (Wildman–Crippen LogP) is 3.95. The molecule has 0 saturated heterocycles. The van der Waals surface area contributed by atoms with E-state index in [1.165, 1.54) is 0 Å². The third-order valence-corrected chi connectivity index (χ3v) is 6.27. The number of aromatic nitrogens is 4. The first-order valence-corrected chi connectivity index (χ1v) is 11.0. The van der Waals surface area contributed by atoms with Crippen LogP contribution in [0.5, 0.6) is 11.5 Å². The van der Waals surface area contributed by atoms with E-state index in [9.17, 15) is 4.79 Å². The summed E-state index contributed by atoms with van der Waals surface area (Å²) in [7, 11) is 3.17. The van der Waals surface area contributed by atoms with Crippen molar-refractivity contribution in [3.05, 3.63) is 63.7 Å². The molecule has 1 aliphatic carbocycles. The number of rotatable bonds is 5. The van der Waals surface area contributed by atoms with Crippen molar-refractivity contribution >= 4 is 11.0 Å². The van der Waals surface area contributed by atoms with Crippen LogP contribution in [-0.4, -0.2) is 33.7 Å². The van der Waals surface area contributed by atoms with Crippen molar-refractivity contribution in [2.75, 3.05) is 14.2 Å². The number of hydrogen-bond donors (Lipinski definition) is 0. The largest absolute Gasteiger partial charge is 0.493 e. The number of nitrogens with zero attached hydrogens (tertiary/aromatic N) is 4. The number of benzene rings is 1. The first-order valence-electron chi connectivity index (χ1n) is 11.0. The second kappa shape index (κ2) is 8.35. The van der Waals surface area contributed by atoms with Gasteiger partial charge in [-0.05, 0) is 61.9 Å². The summed E-state index contributed by atoms with van der Waals surface area (Å²) in [5.74, 6) is 2.92. The lowest BCUT2D eigenvalue weighted by Crippen LogP contribution is -2.23. The normalized spacial score (nSPS) is 15.5. The molecule has 170 valence electrons. The number of ether oxygens (including phenoxy) is 2. The van der Waals surface area contributed by atoms with Crippen LogP contribution in [0.25, 0.3) is 22.5 Å². The van der Waals surface area contributed by atoms with E-state index < -0.39 is 0 Å². The van der Waals surface area contributed by atoms with Gasteiger partial charge in [0.1, 0.15) is 17.8 Å². The highest BCUT2D eigenvalue weighted by molar-refractivity contribution is 5.74. The molecule has 0 bridgehead atoms. The van der Waals surface area contributed by atoms with Crippen LogP contribution in [0.2, 0.25) is 0 Å². The van der Waals surface area contributed by atoms with Crippen molar-refractivity contribution in [2.45, 2.75) is 39.7 Å². The topological polar surface area (TPSA) is 92.3 Å². The van der Waals surface area contributed by atoms with Gasteiger partial charge in [0.15, 0.2) is 17.1 Å². The van der Waals surface area contributed by atoms with Gasteiger partial charge in [0, 0.05) is 11.3 Å². The van der Waals surface area contributed by atoms with Crippen LogP contribution in [-0.2, 0) is 19.4 Å². The fourth-order valence-electron chi connectivity index (χ4n) is 4.36. The molecule has 1 atom stereocenters. The number of hydrogen-bond acceptors (Lipinski definition) is 7. The average molecular weight is 447 g/mol. The minimum absolute atomic E-state index is 0.122. The standard InChI is InChI=1S/C25H26N4O4/c1-14-5-7-19-17(9-14)10-18-23(27-19)26-13-29(25(18)30)12-20-15(2)33-24(28-20)16-6-8-21(31-3)22(11-16)32-4/h6,8,10-11,13-14H,5,7,9,12H2,1-4H3. The molecule has 0 radical (unpaired) electrons. The zero-order valence-corrected chi connectivity index (χ0v) is 19.2. The van der Waals surface area contributed by atoms with Gasteiger partial charge < -0.3 is 13.9 Å². The highest BCUT2D eigenvalue weighted by Gasteiger charge is 2.20. The smallest absolute Gasteiger partial charge is 0.263 e. The molecule has 1 aromatic carbocycles. The van der Waals surface area contributed by atoms with Crippen LogP contribution in [0.1, 0.15) is 36.1 Å². The Morgan fingerprint density at radius 1 is 1.15 bits per heavy atom. The highest BCUT2D eigenvalue weighted by Crippen LogP contribution is 2.32. The third-order valence-electron chi connectivity index (χ3n) is 6.27. The Morgan fingerprint density at radius 2 is 1.97 bits per heavy atom. The van der Waals surface area contributed by atoms with Crippen LogP contribution in [0.4, 0.5) is 0 Å². The predicted molar refractivity (Wildman–Crippen MR) is 124 cm³/mol. The molecule has 3 heterocycles. The Kier molecular flexibility index (Phi) is 5.36. The molecule has 4 aromatic rings. The fourth-order valence-corrected chi connectivity index (χ4v) is 4.36. The molecule has 8 heteroatoms. The van der Waals surface area contributed by atoms with E-state index in [1.54, 1.807) is 31.2 Å². The van der Waals surface area contributed by atoms with Gasteiger partial charge in [0.2, 0.25) is 5.89 Å². The summed E-state index contributed by atoms with van der Waals surface area (Å²) < 4.78 is 18.1. The van der Waals surface area contributed by atoms with Crippen LogP contribution >= 0.6 is 0 Å². The summed E-state index contributed by atoms with van der Waals surface area (Å²) in [6, 6.07) is 7.45. The van der Waals surface area contributed by atoms with Crippen molar-refractivity contribution in [3.8, 4) is 23.0 Å². The quantitative estimate of drug-likeness (QED) is 0.458. The summed E-state index contributed by atoms with van der Waals surface area (Å²) >= 11 is 0. The molecule has 1 unspecified atom stereocenters. The second-order valence-corrected chi connectivity index (χ2v) is 8.58. The van der Waals surface area contributed by atoms with Gasteiger partial charge in [-0.1, -0.05) is 6.92 Å². The molecule has 0 saturated carbocycles. The van der Waals surface area contributed by atoms with Crippen LogP contribution in [0.3, 0.4) is 0 Å². The first kappa shape index (κ1) is 21.2. The summed E-state index contributed by atoms with van der Waals surface area (Å²) in [5.41, 5.74) is 4.04. The van der Waals surface area contributed by atoms with E-state index in [4.69, 9.17) is 13.9 Å². The van der Waals surface area contributed by atoms with Gasteiger partial charge >= 0.3 is 0 Å². The number of oxazole rings is 1. The molecule has 0 aliphatic heterocycles. The van der Waals surface area contributed by atoms with Gasteiger partial charge in [0.05, 0.1) is 26.2 Å². The Balaban J connectivity index is 1.48. The van der Waals surface area contributed by atoms with E-state index in [0.717, 1.165) is 36.1 Å².